The number of rotatable bonds is 6. The van der Waals surface area contributed by atoms with E-state index in [4.69, 9.17) is 23.7 Å². The minimum Gasteiger partial charge on any atom is -0.467 e. The van der Waals surface area contributed by atoms with Crippen LogP contribution in [0, 0.1) is 5.92 Å². The zero-order valence-corrected chi connectivity index (χ0v) is 21.7. The first kappa shape index (κ1) is 27.9. The maximum Gasteiger partial charge on any atom is 0.342 e. The van der Waals surface area contributed by atoms with Crippen molar-refractivity contribution in [3.63, 3.8) is 0 Å². The Morgan fingerprint density at radius 2 is 2.00 bits per heavy atom. The molecule has 0 amide bonds. The average Bonchev–Trinajstić information content (AvgIpc) is 3.14. The summed E-state index contributed by atoms with van der Waals surface area (Å²) in [5.41, 5.74) is 1.41. The van der Waals surface area contributed by atoms with Gasteiger partial charge in [-0.1, -0.05) is 31.2 Å². The van der Waals surface area contributed by atoms with Crippen molar-refractivity contribution in [3.05, 3.63) is 41.5 Å². The fraction of sp³-hybridized carbons (Fsp3) is 0.538. The number of ether oxygens (including phenoxy) is 5. The second kappa shape index (κ2) is 12.1. The number of carbonyl (C=O) groups is 2. The molecule has 2 aliphatic heterocycles. The Hall–Kier alpha value is -2.66. The fourth-order valence-corrected chi connectivity index (χ4v) is 4.14. The summed E-state index contributed by atoms with van der Waals surface area (Å²) in [5.74, 6) is -1.32. The number of carbonyl (C=O) groups excluding carboxylic acids is 2. The Morgan fingerprint density at radius 3 is 2.69 bits per heavy atom. The summed E-state index contributed by atoms with van der Waals surface area (Å²) in [6.07, 6.45) is 5.87. The van der Waals surface area contributed by atoms with E-state index in [2.05, 4.69) is 0 Å². The number of fused-ring (bicyclic) bond motifs is 2. The third kappa shape index (κ3) is 6.76. The average molecular weight is 500 g/mol. The van der Waals surface area contributed by atoms with Crippen LogP contribution in [0.2, 0.25) is 0 Å². The number of benzene rings is 1. The van der Waals surface area contributed by atoms with Crippen LogP contribution in [0.1, 0.15) is 50.0 Å². The van der Waals surface area contributed by atoms with Crippen LogP contribution >= 0.6 is 0 Å². The first-order valence-electron chi connectivity index (χ1n) is 12.0. The maximum atomic E-state index is 13.4. The van der Waals surface area contributed by atoms with E-state index >= 15 is 0 Å². The van der Waals surface area contributed by atoms with Gasteiger partial charge in [-0.3, -0.25) is 0 Å². The number of hydrogen-bond donors (Lipinski definition) is 1. The molecule has 1 fully saturated rings. The molecular weight excluding hydrogens is 465 g/mol. The normalized spacial score (nSPS) is 28.8. The molecule has 0 spiro atoms. The SMILES string of the molecule is COCOc1cc(N(C)[B]C=O)cc2c1C(=O)O[C@@H](C)[C@H](C)/C=C\C(O)C1OC(C)(C)O[C@H]1CC=C2. The van der Waals surface area contributed by atoms with Crippen molar-refractivity contribution in [1.29, 1.82) is 0 Å². The number of methoxy groups -OCH3 is 1. The zero-order valence-electron chi connectivity index (χ0n) is 21.7. The van der Waals surface area contributed by atoms with Crippen molar-refractivity contribution in [2.24, 2.45) is 5.92 Å². The Bertz CT molecular complexity index is 994. The van der Waals surface area contributed by atoms with Crippen LogP contribution in [-0.4, -0.2) is 75.8 Å². The summed E-state index contributed by atoms with van der Waals surface area (Å²) in [5, 5.41) is 10.8. The minimum absolute atomic E-state index is 0.0788. The van der Waals surface area contributed by atoms with Gasteiger partial charge in [-0.25, -0.2) is 4.79 Å². The number of aliphatic hydroxyl groups excluding tert-OH is 1. The van der Waals surface area contributed by atoms with Crippen molar-refractivity contribution in [2.75, 3.05) is 25.8 Å². The summed E-state index contributed by atoms with van der Waals surface area (Å²) in [7, 11) is 4.56. The molecule has 0 bridgehead atoms. The molecule has 2 unspecified atom stereocenters. The highest BCUT2D eigenvalue weighted by Gasteiger charge is 2.43. The van der Waals surface area contributed by atoms with E-state index in [0.29, 0.717) is 23.9 Å². The standard InChI is InChI=1S/C26H35BNO8/c1-16-10-11-20(30)24-21(35-26(3,4)36-24)9-7-8-18-12-19(28(5)27-14-29)13-22(33-15-32-6)23(18)25(31)34-17(16)2/h7-8,10-14,16-17,20-21,24,30H,9,15H2,1-6H3/b8-7?,11-10-/t16-,17+,20?,21+,24?/m1/s1. The molecule has 0 saturated carbocycles. The topological polar surface area (TPSA) is 104 Å². The van der Waals surface area contributed by atoms with Gasteiger partial charge in [0.05, 0.1) is 6.10 Å². The van der Waals surface area contributed by atoms with Crippen LogP contribution in [0.15, 0.2) is 30.4 Å². The van der Waals surface area contributed by atoms with Crippen LogP contribution in [0.5, 0.6) is 5.75 Å². The predicted molar refractivity (Wildman–Crippen MR) is 137 cm³/mol. The van der Waals surface area contributed by atoms with Gasteiger partial charge in [0, 0.05) is 24.8 Å². The lowest BCUT2D eigenvalue weighted by atomic mass is 9.93. The predicted octanol–water partition coefficient (Wildman–Crippen LogP) is 2.95. The molecule has 10 heteroatoms. The third-order valence-electron chi connectivity index (χ3n) is 6.21. The first-order valence-corrected chi connectivity index (χ1v) is 12.0. The van der Waals surface area contributed by atoms with Gasteiger partial charge in [0.1, 0.15) is 35.8 Å². The lowest BCUT2D eigenvalue weighted by Gasteiger charge is -2.24. The molecule has 5 atom stereocenters. The molecule has 1 radical (unpaired) electrons. The molecule has 1 saturated heterocycles. The molecular formula is C26H35BNO8. The highest BCUT2D eigenvalue weighted by molar-refractivity contribution is 6.70. The molecule has 36 heavy (non-hydrogen) atoms. The number of aliphatic hydroxyl groups is 1. The largest absolute Gasteiger partial charge is 0.467 e. The van der Waals surface area contributed by atoms with Gasteiger partial charge in [0.15, 0.2) is 12.6 Å². The Kier molecular flexibility index (Phi) is 9.35. The fourth-order valence-electron chi connectivity index (χ4n) is 4.14. The summed E-state index contributed by atoms with van der Waals surface area (Å²) >= 11 is 0. The molecule has 1 N–H and O–H groups in total. The first-order chi connectivity index (χ1) is 17.1. The van der Waals surface area contributed by atoms with Crippen LogP contribution < -0.4 is 9.55 Å². The molecule has 1 aromatic rings. The minimum atomic E-state index is -0.890. The van der Waals surface area contributed by atoms with Gasteiger partial charge in [-0.05, 0) is 45.9 Å². The highest BCUT2D eigenvalue weighted by Crippen LogP contribution is 2.35. The van der Waals surface area contributed by atoms with Gasteiger partial charge in [-0.2, -0.15) is 0 Å². The Balaban J connectivity index is 2.10. The second-order valence-electron chi connectivity index (χ2n) is 9.48. The van der Waals surface area contributed by atoms with E-state index < -0.39 is 36.2 Å². The summed E-state index contributed by atoms with van der Waals surface area (Å²) < 4.78 is 28.7. The Morgan fingerprint density at radius 1 is 1.25 bits per heavy atom. The zero-order chi connectivity index (χ0) is 26.5. The lowest BCUT2D eigenvalue weighted by Crippen LogP contribution is -2.34. The lowest BCUT2D eigenvalue weighted by molar-refractivity contribution is -0.152. The summed E-state index contributed by atoms with van der Waals surface area (Å²) in [6.45, 7) is 7.23. The van der Waals surface area contributed by atoms with E-state index in [1.807, 2.05) is 32.9 Å². The van der Waals surface area contributed by atoms with Gasteiger partial charge in [-0.15, -0.1) is 0 Å². The molecule has 1 aromatic carbocycles. The number of esters is 1. The number of anilines is 1. The van der Waals surface area contributed by atoms with E-state index in [9.17, 15) is 14.7 Å². The van der Waals surface area contributed by atoms with Crippen molar-refractivity contribution < 1.29 is 38.4 Å². The second-order valence-corrected chi connectivity index (χ2v) is 9.48. The molecule has 195 valence electrons. The third-order valence-corrected chi connectivity index (χ3v) is 6.21. The Labute approximate surface area is 213 Å². The van der Waals surface area contributed by atoms with Gasteiger partial charge in [0.2, 0.25) is 0 Å². The number of hydrogen-bond acceptors (Lipinski definition) is 9. The van der Waals surface area contributed by atoms with Crippen LogP contribution in [-0.2, 0) is 23.7 Å². The van der Waals surface area contributed by atoms with E-state index in [1.165, 1.54) is 14.5 Å². The van der Waals surface area contributed by atoms with Crippen LogP contribution in [0.4, 0.5) is 5.69 Å². The van der Waals surface area contributed by atoms with Gasteiger partial charge < -0.3 is 38.4 Å². The van der Waals surface area contributed by atoms with E-state index in [1.54, 1.807) is 43.1 Å². The number of cyclic esters (lactones) is 1. The maximum absolute atomic E-state index is 13.4. The van der Waals surface area contributed by atoms with E-state index in [0.717, 1.165) is 0 Å². The molecule has 2 aliphatic rings. The quantitative estimate of drug-likeness (QED) is 0.208. The van der Waals surface area contributed by atoms with Crippen molar-refractivity contribution in [2.45, 2.75) is 64.3 Å². The van der Waals surface area contributed by atoms with Crippen LogP contribution in [0.25, 0.3) is 6.08 Å². The van der Waals surface area contributed by atoms with Crippen molar-refractivity contribution in [1.82, 2.24) is 0 Å². The smallest absolute Gasteiger partial charge is 0.342 e. The van der Waals surface area contributed by atoms with E-state index in [-0.39, 0.29) is 24.0 Å². The molecule has 9 nitrogen and oxygen atoms in total. The van der Waals surface area contributed by atoms with Gasteiger partial charge >= 0.3 is 13.4 Å². The van der Waals surface area contributed by atoms with Gasteiger partial charge in [0.25, 0.3) is 0 Å². The van der Waals surface area contributed by atoms with Crippen molar-refractivity contribution >= 4 is 31.3 Å². The summed E-state index contributed by atoms with van der Waals surface area (Å²) in [4.78, 5) is 26.1. The van der Waals surface area contributed by atoms with Crippen LogP contribution in [0.3, 0.4) is 0 Å². The molecule has 2 heterocycles. The molecule has 0 aromatic heterocycles. The molecule has 0 aliphatic carbocycles. The van der Waals surface area contributed by atoms with Crippen molar-refractivity contribution in [3.8, 4) is 5.75 Å². The highest BCUT2D eigenvalue weighted by atomic mass is 16.8. The summed E-state index contributed by atoms with van der Waals surface area (Å²) in [6, 6.07) is 3.43. The monoisotopic (exact) mass is 500 g/mol. The number of nitrogens with zero attached hydrogens (tertiary/aromatic N) is 1. The molecule has 3 rings (SSSR count).